The molecule has 1 aromatic rings. The summed E-state index contributed by atoms with van der Waals surface area (Å²) in [6, 6.07) is 2.69. The largest absolute Gasteiger partial charge is 0.291 e. The molecule has 0 aliphatic rings. The normalized spacial score (nSPS) is 13.4. The summed E-state index contributed by atoms with van der Waals surface area (Å²) in [5.74, 6) is 0. The first-order valence-corrected chi connectivity index (χ1v) is 7.37. The molecule has 2 heteroatoms. The number of aromatic nitrogens is 1. The summed E-state index contributed by atoms with van der Waals surface area (Å²) in [5, 5.41) is 0. The van der Waals surface area contributed by atoms with Crippen molar-refractivity contribution in [2.75, 3.05) is 6.54 Å². The Hall–Kier alpha value is -1.15. The Morgan fingerprint density at radius 2 is 2.11 bits per heavy atom. The lowest BCUT2D eigenvalue weighted by Crippen LogP contribution is -2.32. The Bertz CT molecular complexity index is 410. The molecule has 0 aliphatic heterocycles. The summed E-state index contributed by atoms with van der Waals surface area (Å²) in [6.45, 7) is 12.9. The van der Waals surface area contributed by atoms with Crippen LogP contribution in [0, 0.1) is 13.8 Å². The molecule has 2 nitrogen and oxygen atoms in total. The second kappa shape index (κ2) is 8.11. The lowest BCUT2D eigenvalue weighted by molar-refractivity contribution is 0.225. The molecule has 19 heavy (non-hydrogen) atoms. The van der Waals surface area contributed by atoms with Crippen molar-refractivity contribution >= 4 is 0 Å². The van der Waals surface area contributed by atoms with E-state index in [9.17, 15) is 0 Å². The Balaban J connectivity index is 2.80. The van der Waals surface area contributed by atoms with Gasteiger partial charge in [-0.15, -0.1) is 0 Å². The lowest BCUT2D eigenvalue weighted by atomic mass is 10.1. The average Bonchev–Trinajstić information content (AvgIpc) is 2.37. The molecule has 0 amide bonds. The van der Waals surface area contributed by atoms with Crippen molar-refractivity contribution in [3.63, 3.8) is 0 Å². The Kier molecular flexibility index (Phi) is 6.79. The summed E-state index contributed by atoms with van der Waals surface area (Å²) < 4.78 is 0. The average molecular weight is 260 g/mol. The zero-order valence-corrected chi connectivity index (χ0v) is 13.1. The lowest BCUT2D eigenvalue weighted by Gasteiger charge is -2.27. The standard InChI is InChI=1S/C17H28N2/c1-6-8-10-19(16(5)9-7-2)13-17-15(4)11-14(3)12-18-17/h7,9,11-12,16H,6,8,10,13H2,1-5H3/b9-7+. The highest BCUT2D eigenvalue weighted by Crippen LogP contribution is 2.13. The van der Waals surface area contributed by atoms with Gasteiger partial charge < -0.3 is 0 Å². The molecule has 1 unspecified atom stereocenters. The van der Waals surface area contributed by atoms with E-state index in [2.05, 4.69) is 62.7 Å². The van der Waals surface area contributed by atoms with Gasteiger partial charge in [-0.3, -0.25) is 9.88 Å². The van der Waals surface area contributed by atoms with Crippen LogP contribution in [-0.2, 0) is 6.54 Å². The van der Waals surface area contributed by atoms with Crippen LogP contribution < -0.4 is 0 Å². The summed E-state index contributed by atoms with van der Waals surface area (Å²) >= 11 is 0. The van der Waals surface area contributed by atoms with Crippen LogP contribution in [0.15, 0.2) is 24.4 Å². The van der Waals surface area contributed by atoms with Gasteiger partial charge in [0.25, 0.3) is 0 Å². The quantitative estimate of drug-likeness (QED) is 0.681. The van der Waals surface area contributed by atoms with E-state index in [1.54, 1.807) is 0 Å². The number of hydrogen-bond donors (Lipinski definition) is 0. The van der Waals surface area contributed by atoms with Crippen molar-refractivity contribution in [1.29, 1.82) is 0 Å². The van der Waals surface area contributed by atoms with Crippen LogP contribution in [0.4, 0.5) is 0 Å². The number of unbranched alkanes of at least 4 members (excludes halogenated alkanes) is 1. The fraction of sp³-hybridized carbons (Fsp3) is 0.588. The molecular formula is C17H28N2. The Morgan fingerprint density at radius 3 is 2.68 bits per heavy atom. The zero-order chi connectivity index (χ0) is 14.3. The first-order chi connectivity index (χ1) is 9.08. The molecule has 0 fully saturated rings. The molecule has 0 spiro atoms. The molecule has 0 radical (unpaired) electrons. The van der Waals surface area contributed by atoms with Gasteiger partial charge in [0.1, 0.15) is 0 Å². The van der Waals surface area contributed by atoms with Crippen LogP contribution in [0.3, 0.4) is 0 Å². The second-order valence-corrected chi connectivity index (χ2v) is 5.37. The van der Waals surface area contributed by atoms with Crippen molar-refractivity contribution in [1.82, 2.24) is 9.88 Å². The van der Waals surface area contributed by atoms with Crippen molar-refractivity contribution in [3.05, 3.63) is 41.2 Å². The van der Waals surface area contributed by atoms with Crippen LogP contribution in [0.2, 0.25) is 0 Å². The highest BCUT2D eigenvalue weighted by Gasteiger charge is 2.13. The van der Waals surface area contributed by atoms with Gasteiger partial charge in [-0.25, -0.2) is 0 Å². The summed E-state index contributed by atoms with van der Waals surface area (Å²) in [6.07, 6.45) is 8.85. The topological polar surface area (TPSA) is 16.1 Å². The maximum Gasteiger partial charge on any atom is 0.0573 e. The Labute approximate surface area is 118 Å². The SMILES string of the molecule is C/C=C/C(C)N(CCCC)Cc1ncc(C)cc1C. The fourth-order valence-corrected chi connectivity index (χ4v) is 2.29. The second-order valence-electron chi connectivity index (χ2n) is 5.37. The molecule has 1 rings (SSSR count). The van der Waals surface area contributed by atoms with Crippen LogP contribution in [0.1, 0.15) is 50.4 Å². The van der Waals surface area contributed by atoms with Crippen molar-refractivity contribution < 1.29 is 0 Å². The van der Waals surface area contributed by atoms with E-state index in [0.29, 0.717) is 6.04 Å². The first kappa shape index (κ1) is 15.9. The van der Waals surface area contributed by atoms with Gasteiger partial charge in [-0.05, 0) is 51.8 Å². The molecule has 106 valence electrons. The van der Waals surface area contributed by atoms with Gasteiger partial charge >= 0.3 is 0 Å². The number of allylic oxidation sites excluding steroid dienone is 1. The number of pyridine rings is 1. The molecule has 0 aliphatic carbocycles. The fourth-order valence-electron chi connectivity index (χ4n) is 2.29. The smallest absolute Gasteiger partial charge is 0.0573 e. The third-order valence-corrected chi connectivity index (χ3v) is 3.52. The van der Waals surface area contributed by atoms with Crippen molar-refractivity contribution in [3.8, 4) is 0 Å². The van der Waals surface area contributed by atoms with E-state index in [1.807, 2.05) is 6.20 Å². The zero-order valence-electron chi connectivity index (χ0n) is 13.1. The van der Waals surface area contributed by atoms with Crippen molar-refractivity contribution in [2.24, 2.45) is 0 Å². The number of rotatable bonds is 7. The highest BCUT2D eigenvalue weighted by atomic mass is 15.1. The maximum absolute atomic E-state index is 4.60. The minimum absolute atomic E-state index is 0.471. The van der Waals surface area contributed by atoms with Crippen LogP contribution in [0.5, 0.6) is 0 Å². The van der Waals surface area contributed by atoms with Gasteiger partial charge in [-0.1, -0.05) is 31.6 Å². The number of nitrogens with zero attached hydrogens (tertiary/aromatic N) is 2. The predicted octanol–water partition coefficient (Wildman–Crippen LogP) is 4.27. The molecule has 0 saturated heterocycles. The summed E-state index contributed by atoms with van der Waals surface area (Å²) in [5.41, 5.74) is 3.75. The maximum atomic E-state index is 4.60. The van der Waals surface area contributed by atoms with Gasteiger partial charge in [0.2, 0.25) is 0 Å². The molecule has 0 aromatic carbocycles. The molecule has 0 N–H and O–H groups in total. The van der Waals surface area contributed by atoms with E-state index in [1.165, 1.54) is 29.7 Å². The monoisotopic (exact) mass is 260 g/mol. The van der Waals surface area contributed by atoms with Gasteiger partial charge in [0, 0.05) is 18.8 Å². The van der Waals surface area contributed by atoms with E-state index in [0.717, 1.165) is 13.1 Å². The van der Waals surface area contributed by atoms with Gasteiger partial charge in [0.15, 0.2) is 0 Å². The van der Waals surface area contributed by atoms with Crippen LogP contribution in [0.25, 0.3) is 0 Å². The molecular weight excluding hydrogens is 232 g/mol. The third kappa shape index (κ3) is 5.15. The van der Waals surface area contributed by atoms with E-state index >= 15 is 0 Å². The number of hydrogen-bond acceptors (Lipinski definition) is 2. The van der Waals surface area contributed by atoms with Crippen molar-refractivity contribution in [2.45, 2.75) is 60.0 Å². The first-order valence-electron chi connectivity index (χ1n) is 7.37. The summed E-state index contributed by atoms with van der Waals surface area (Å²) in [4.78, 5) is 7.11. The third-order valence-electron chi connectivity index (χ3n) is 3.52. The molecule has 0 bridgehead atoms. The van der Waals surface area contributed by atoms with Gasteiger partial charge in [-0.2, -0.15) is 0 Å². The van der Waals surface area contributed by atoms with Gasteiger partial charge in [0.05, 0.1) is 5.69 Å². The minimum atomic E-state index is 0.471. The highest BCUT2D eigenvalue weighted by molar-refractivity contribution is 5.23. The number of aryl methyl sites for hydroxylation is 2. The van der Waals surface area contributed by atoms with Crippen LogP contribution >= 0.6 is 0 Å². The Morgan fingerprint density at radius 1 is 1.37 bits per heavy atom. The molecule has 1 atom stereocenters. The predicted molar refractivity (Wildman–Crippen MR) is 83.3 cm³/mol. The molecule has 0 saturated carbocycles. The summed E-state index contributed by atoms with van der Waals surface area (Å²) in [7, 11) is 0. The van der Waals surface area contributed by atoms with E-state index in [-0.39, 0.29) is 0 Å². The molecule has 1 aromatic heterocycles. The van der Waals surface area contributed by atoms with E-state index < -0.39 is 0 Å². The molecule has 1 heterocycles. The van der Waals surface area contributed by atoms with E-state index in [4.69, 9.17) is 0 Å². The van der Waals surface area contributed by atoms with Crippen LogP contribution in [-0.4, -0.2) is 22.5 Å². The minimum Gasteiger partial charge on any atom is -0.291 e.